The molecule has 1 saturated heterocycles. The number of amides is 1. The fraction of sp³-hybridized carbons (Fsp3) is 0.857. The number of carbonyl (C=O) groups excluding carboxylic acids is 1. The summed E-state index contributed by atoms with van der Waals surface area (Å²) in [4.78, 5) is 11.1. The van der Waals surface area contributed by atoms with Crippen LogP contribution >= 0.6 is 0 Å². The molecule has 2 unspecified atom stereocenters. The van der Waals surface area contributed by atoms with Gasteiger partial charge in [0, 0.05) is 6.54 Å². The molecule has 2 N–H and O–H groups in total. The van der Waals surface area contributed by atoms with Crippen molar-refractivity contribution in [2.75, 3.05) is 19.8 Å². The highest BCUT2D eigenvalue weighted by Crippen LogP contribution is 2.12. The van der Waals surface area contributed by atoms with Crippen LogP contribution in [0.4, 0.5) is 0 Å². The molecule has 1 amide bonds. The van der Waals surface area contributed by atoms with Crippen LogP contribution in [0.2, 0.25) is 0 Å². The first kappa shape index (κ1) is 8.49. The number of aliphatic hydroxyl groups excluding tert-OH is 1. The van der Waals surface area contributed by atoms with Crippen molar-refractivity contribution >= 4 is 5.91 Å². The standard InChI is InChI=1S/C7H13NO3/c1-2-8-7(10)5-3-11-4-6(5)9/h5-6,9H,2-4H2,1H3,(H,8,10). The van der Waals surface area contributed by atoms with E-state index >= 15 is 0 Å². The van der Waals surface area contributed by atoms with Gasteiger partial charge >= 0.3 is 0 Å². The molecule has 1 heterocycles. The zero-order valence-electron chi connectivity index (χ0n) is 6.54. The zero-order chi connectivity index (χ0) is 8.27. The van der Waals surface area contributed by atoms with Crippen molar-refractivity contribution in [3.05, 3.63) is 0 Å². The fourth-order valence-electron chi connectivity index (χ4n) is 1.10. The maximum atomic E-state index is 11.1. The largest absolute Gasteiger partial charge is 0.390 e. The molecule has 11 heavy (non-hydrogen) atoms. The minimum atomic E-state index is -0.624. The third-order valence-corrected chi connectivity index (χ3v) is 1.74. The second-order valence-corrected chi connectivity index (χ2v) is 2.61. The van der Waals surface area contributed by atoms with Gasteiger partial charge in [0.05, 0.1) is 25.2 Å². The Bertz CT molecular complexity index is 149. The summed E-state index contributed by atoms with van der Waals surface area (Å²) in [6, 6.07) is 0. The Hall–Kier alpha value is -0.610. The maximum Gasteiger partial charge on any atom is 0.228 e. The van der Waals surface area contributed by atoms with Crippen LogP contribution in [0.1, 0.15) is 6.92 Å². The highest BCUT2D eigenvalue weighted by molar-refractivity contribution is 5.79. The van der Waals surface area contributed by atoms with Crippen molar-refractivity contribution < 1.29 is 14.6 Å². The summed E-state index contributed by atoms with van der Waals surface area (Å²) in [7, 11) is 0. The normalized spacial score (nSPS) is 30.4. The quantitative estimate of drug-likeness (QED) is 0.550. The Morgan fingerprint density at radius 3 is 2.91 bits per heavy atom. The summed E-state index contributed by atoms with van der Waals surface area (Å²) < 4.78 is 4.93. The number of rotatable bonds is 2. The van der Waals surface area contributed by atoms with E-state index in [0.29, 0.717) is 13.2 Å². The molecule has 4 heteroatoms. The molecule has 0 aromatic heterocycles. The molecule has 1 fully saturated rings. The van der Waals surface area contributed by atoms with Gasteiger partial charge in [-0.3, -0.25) is 4.79 Å². The van der Waals surface area contributed by atoms with Gasteiger partial charge in [0.2, 0.25) is 5.91 Å². The average Bonchev–Trinajstić information content (AvgIpc) is 2.36. The van der Waals surface area contributed by atoms with Gasteiger partial charge in [-0.1, -0.05) is 0 Å². The molecule has 0 aromatic rings. The number of nitrogens with one attached hydrogen (secondary N) is 1. The van der Waals surface area contributed by atoms with E-state index in [-0.39, 0.29) is 18.4 Å². The molecule has 2 atom stereocenters. The Labute approximate surface area is 65.5 Å². The average molecular weight is 159 g/mol. The lowest BCUT2D eigenvalue weighted by Gasteiger charge is -2.10. The van der Waals surface area contributed by atoms with E-state index in [9.17, 15) is 9.90 Å². The zero-order valence-corrected chi connectivity index (χ0v) is 6.54. The van der Waals surface area contributed by atoms with Gasteiger partial charge in [-0.25, -0.2) is 0 Å². The Morgan fingerprint density at radius 2 is 2.45 bits per heavy atom. The molecule has 0 saturated carbocycles. The molecule has 1 aliphatic rings. The van der Waals surface area contributed by atoms with Crippen LogP contribution in [-0.2, 0) is 9.53 Å². The number of carbonyl (C=O) groups is 1. The summed E-state index contributed by atoms with van der Waals surface area (Å²) in [5.41, 5.74) is 0. The third kappa shape index (κ3) is 1.91. The molecule has 0 bridgehead atoms. The lowest BCUT2D eigenvalue weighted by atomic mass is 10.1. The first-order chi connectivity index (χ1) is 5.25. The van der Waals surface area contributed by atoms with Crippen LogP contribution in [0.15, 0.2) is 0 Å². The molecular formula is C7H13NO3. The van der Waals surface area contributed by atoms with Gasteiger partial charge in [0.15, 0.2) is 0 Å². The number of hydrogen-bond donors (Lipinski definition) is 2. The SMILES string of the molecule is CCNC(=O)C1COCC1O. The van der Waals surface area contributed by atoms with Crippen molar-refractivity contribution in [2.45, 2.75) is 13.0 Å². The summed E-state index contributed by atoms with van der Waals surface area (Å²) in [5.74, 6) is -0.479. The Morgan fingerprint density at radius 1 is 1.73 bits per heavy atom. The minimum absolute atomic E-state index is 0.113. The van der Waals surface area contributed by atoms with Gasteiger partial charge < -0.3 is 15.2 Å². The molecule has 0 aliphatic carbocycles. The van der Waals surface area contributed by atoms with E-state index in [1.54, 1.807) is 0 Å². The van der Waals surface area contributed by atoms with Gasteiger partial charge in [-0.05, 0) is 6.92 Å². The van der Waals surface area contributed by atoms with E-state index in [1.807, 2.05) is 6.92 Å². The molecule has 1 aliphatic heterocycles. The summed E-state index contributed by atoms with van der Waals surface area (Å²) >= 11 is 0. The molecule has 0 radical (unpaired) electrons. The number of aliphatic hydroxyl groups is 1. The third-order valence-electron chi connectivity index (χ3n) is 1.74. The topological polar surface area (TPSA) is 58.6 Å². The second kappa shape index (κ2) is 3.69. The number of ether oxygens (including phenoxy) is 1. The molecular weight excluding hydrogens is 146 g/mol. The van der Waals surface area contributed by atoms with Gasteiger partial charge in [-0.15, -0.1) is 0 Å². The van der Waals surface area contributed by atoms with Crippen molar-refractivity contribution in [3.63, 3.8) is 0 Å². The maximum absolute atomic E-state index is 11.1. The van der Waals surface area contributed by atoms with Crippen LogP contribution in [-0.4, -0.2) is 36.9 Å². The van der Waals surface area contributed by atoms with E-state index in [1.165, 1.54) is 0 Å². The minimum Gasteiger partial charge on any atom is -0.390 e. The lowest BCUT2D eigenvalue weighted by Crippen LogP contribution is -2.36. The summed E-state index contributed by atoms with van der Waals surface area (Å²) in [5, 5.41) is 11.8. The lowest BCUT2D eigenvalue weighted by molar-refractivity contribution is -0.126. The summed E-state index contributed by atoms with van der Waals surface area (Å²) in [6.45, 7) is 3.07. The molecule has 64 valence electrons. The second-order valence-electron chi connectivity index (χ2n) is 2.61. The molecule has 1 rings (SSSR count). The van der Waals surface area contributed by atoms with Crippen molar-refractivity contribution in [2.24, 2.45) is 5.92 Å². The highest BCUT2D eigenvalue weighted by atomic mass is 16.5. The Kier molecular flexibility index (Phi) is 2.84. The van der Waals surface area contributed by atoms with Crippen molar-refractivity contribution in [3.8, 4) is 0 Å². The first-order valence-electron chi connectivity index (χ1n) is 3.79. The smallest absolute Gasteiger partial charge is 0.228 e. The molecule has 4 nitrogen and oxygen atoms in total. The van der Waals surface area contributed by atoms with Crippen LogP contribution < -0.4 is 5.32 Å². The van der Waals surface area contributed by atoms with Crippen molar-refractivity contribution in [1.82, 2.24) is 5.32 Å². The van der Waals surface area contributed by atoms with E-state index < -0.39 is 6.10 Å². The fourth-order valence-corrected chi connectivity index (χ4v) is 1.10. The first-order valence-corrected chi connectivity index (χ1v) is 3.79. The van der Waals surface area contributed by atoms with E-state index in [2.05, 4.69) is 5.32 Å². The van der Waals surface area contributed by atoms with Gasteiger partial charge in [0.25, 0.3) is 0 Å². The van der Waals surface area contributed by atoms with E-state index in [0.717, 1.165) is 0 Å². The van der Waals surface area contributed by atoms with Crippen molar-refractivity contribution in [1.29, 1.82) is 0 Å². The van der Waals surface area contributed by atoms with Crippen LogP contribution in [0.5, 0.6) is 0 Å². The van der Waals surface area contributed by atoms with E-state index in [4.69, 9.17) is 4.74 Å². The predicted octanol–water partition coefficient (Wildman–Crippen LogP) is -0.870. The Balaban J connectivity index is 2.39. The molecule has 0 aromatic carbocycles. The van der Waals surface area contributed by atoms with Gasteiger partial charge in [0.1, 0.15) is 0 Å². The monoisotopic (exact) mass is 159 g/mol. The van der Waals surface area contributed by atoms with Gasteiger partial charge in [-0.2, -0.15) is 0 Å². The van der Waals surface area contributed by atoms with Crippen LogP contribution in [0, 0.1) is 5.92 Å². The molecule has 0 spiro atoms. The van der Waals surface area contributed by atoms with Crippen LogP contribution in [0.25, 0.3) is 0 Å². The highest BCUT2D eigenvalue weighted by Gasteiger charge is 2.31. The number of hydrogen-bond acceptors (Lipinski definition) is 3. The predicted molar refractivity (Wildman–Crippen MR) is 39.0 cm³/mol. The van der Waals surface area contributed by atoms with Crippen LogP contribution in [0.3, 0.4) is 0 Å². The summed E-state index contributed by atoms with van der Waals surface area (Å²) in [6.07, 6.45) is -0.624.